The van der Waals surface area contributed by atoms with Gasteiger partial charge in [-0.05, 0) is 50.1 Å². The van der Waals surface area contributed by atoms with Crippen molar-refractivity contribution in [3.8, 4) is 17.4 Å². The standard InChI is InChI=1S/C12H8Br2N2O4/c1-19-8-2-3-11(10(5-8)16(17)18)20-12-9(14)4-7(13)6-15-12/h2-6H,1H3. The number of hydrogen-bond donors (Lipinski definition) is 0. The Balaban J connectivity index is 2.40. The predicted molar refractivity (Wildman–Crippen MR) is 79.4 cm³/mol. The van der Waals surface area contributed by atoms with Gasteiger partial charge in [0.1, 0.15) is 5.75 Å². The van der Waals surface area contributed by atoms with Crippen molar-refractivity contribution < 1.29 is 14.4 Å². The Morgan fingerprint density at radius 3 is 2.65 bits per heavy atom. The topological polar surface area (TPSA) is 74.5 Å². The maximum absolute atomic E-state index is 11.0. The van der Waals surface area contributed by atoms with E-state index in [1.54, 1.807) is 12.1 Å². The zero-order chi connectivity index (χ0) is 14.7. The highest BCUT2D eigenvalue weighted by molar-refractivity contribution is 9.11. The lowest BCUT2D eigenvalue weighted by molar-refractivity contribution is -0.385. The Bertz CT molecular complexity index is 664. The minimum Gasteiger partial charge on any atom is -0.496 e. The normalized spacial score (nSPS) is 10.2. The molecule has 0 unspecified atom stereocenters. The highest BCUT2D eigenvalue weighted by Gasteiger charge is 2.18. The van der Waals surface area contributed by atoms with Gasteiger partial charge in [-0.3, -0.25) is 10.1 Å². The van der Waals surface area contributed by atoms with Crippen molar-refractivity contribution in [3.63, 3.8) is 0 Å². The maximum atomic E-state index is 11.0. The first-order chi connectivity index (χ1) is 9.51. The van der Waals surface area contributed by atoms with Gasteiger partial charge >= 0.3 is 5.69 Å². The second-order valence-corrected chi connectivity index (χ2v) is 5.40. The van der Waals surface area contributed by atoms with Crippen LogP contribution >= 0.6 is 31.9 Å². The summed E-state index contributed by atoms with van der Waals surface area (Å²) in [5.74, 6) is 0.708. The van der Waals surface area contributed by atoms with Gasteiger partial charge in [0.25, 0.3) is 0 Å². The van der Waals surface area contributed by atoms with E-state index in [2.05, 4.69) is 36.8 Å². The molecular weight excluding hydrogens is 396 g/mol. The van der Waals surface area contributed by atoms with Gasteiger partial charge in [0.2, 0.25) is 11.6 Å². The van der Waals surface area contributed by atoms with E-state index in [1.165, 1.54) is 25.4 Å². The van der Waals surface area contributed by atoms with E-state index in [-0.39, 0.29) is 17.3 Å². The summed E-state index contributed by atoms with van der Waals surface area (Å²) in [6.07, 6.45) is 1.54. The quantitative estimate of drug-likeness (QED) is 0.561. The Kier molecular flexibility index (Phi) is 4.56. The van der Waals surface area contributed by atoms with Crippen LogP contribution in [0.25, 0.3) is 0 Å². The molecule has 0 amide bonds. The second kappa shape index (κ2) is 6.19. The summed E-state index contributed by atoms with van der Waals surface area (Å²) in [6.45, 7) is 0. The fourth-order valence-corrected chi connectivity index (χ4v) is 2.50. The monoisotopic (exact) mass is 402 g/mol. The number of rotatable bonds is 4. The van der Waals surface area contributed by atoms with Crippen molar-refractivity contribution in [2.45, 2.75) is 0 Å². The fourth-order valence-electron chi connectivity index (χ4n) is 1.43. The summed E-state index contributed by atoms with van der Waals surface area (Å²) in [7, 11) is 1.44. The van der Waals surface area contributed by atoms with E-state index in [0.29, 0.717) is 10.2 Å². The number of ether oxygens (including phenoxy) is 2. The zero-order valence-corrected chi connectivity index (χ0v) is 13.3. The van der Waals surface area contributed by atoms with Crippen LogP contribution in [-0.2, 0) is 0 Å². The number of nitrogens with zero attached hydrogens (tertiary/aromatic N) is 2. The van der Waals surface area contributed by atoms with E-state index in [9.17, 15) is 10.1 Å². The molecule has 0 radical (unpaired) electrons. The second-order valence-electron chi connectivity index (χ2n) is 3.63. The molecule has 6 nitrogen and oxygen atoms in total. The van der Waals surface area contributed by atoms with Crippen molar-refractivity contribution >= 4 is 37.5 Å². The number of methoxy groups -OCH3 is 1. The summed E-state index contributed by atoms with van der Waals surface area (Å²) < 4.78 is 11.8. The maximum Gasteiger partial charge on any atom is 0.315 e. The van der Waals surface area contributed by atoms with Crippen LogP contribution < -0.4 is 9.47 Å². The molecule has 1 aromatic heterocycles. The number of nitro groups is 1. The lowest BCUT2D eigenvalue weighted by Crippen LogP contribution is -1.96. The molecule has 0 spiro atoms. The molecule has 0 aliphatic heterocycles. The van der Waals surface area contributed by atoms with Gasteiger partial charge in [0.15, 0.2) is 0 Å². The Morgan fingerprint density at radius 1 is 1.30 bits per heavy atom. The number of nitro benzene ring substituents is 1. The molecule has 0 atom stereocenters. The third-order valence-electron chi connectivity index (χ3n) is 2.34. The van der Waals surface area contributed by atoms with Gasteiger partial charge in [-0.2, -0.15) is 0 Å². The first-order valence-corrected chi connectivity index (χ1v) is 6.91. The highest BCUT2D eigenvalue weighted by Crippen LogP contribution is 2.36. The van der Waals surface area contributed by atoms with Gasteiger partial charge < -0.3 is 9.47 Å². The minimum atomic E-state index is -0.537. The van der Waals surface area contributed by atoms with Crippen LogP contribution in [0.4, 0.5) is 5.69 Å². The van der Waals surface area contributed by atoms with Gasteiger partial charge in [-0.15, -0.1) is 0 Å². The summed E-state index contributed by atoms with van der Waals surface area (Å²) in [4.78, 5) is 14.6. The van der Waals surface area contributed by atoms with Crippen LogP contribution in [0.2, 0.25) is 0 Å². The molecule has 0 N–H and O–H groups in total. The molecule has 1 heterocycles. The molecule has 20 heavy (non-hydrogen) atoms. The minimum absolute atomic E-state index is 0.0892. The molecule has 2 rings (SSSR count). The molecule has 2 aromatic rings. The number of benzene rings is 1. The van der Waals surface area contributed by atoms with Crippen LogP contribution in [0.1, 0.15) is 0 Å². The van der Waals surface area contributed by atoms with Gasteiger partial charge in [0.05, 0.1) is 22.6 Å². The zero-order valence-electron chi connectivity index (χ0n) is 10.2. The lowest BCUT2D eigenvalue weighted by atomic mass is 10.3. The van der Waals surface area contributed by atoms with Crippen molar-refractivity contribution in [3.05, 3.63) is 49.5 Å². The Hall–Kier alpha value is -1.67. The van der Waals surface area contributed by atoms with Gasteiger partial charge in [0, 0.05) is 10.7 Å². The molecule has 0 saturated carbocycles. The molecule has 0 saturated heterocycles. The van der Waals surface area contributed by atoms with E-state index in [4.69, 9.17) is 9.47 Å². The fraction of sp³-hybridized carbons (Fsp3) is 0.0833. The number of hydrogen-bond acceptors (Lipinski definition) is 5. The average Bonchev–Trinajstić information content (AvgIpc) is 2.42. The van der Waals surface area contributed by atoms with E-state index in [0.717, 1.165) is 4.47 Å². The summed E-state index contributed by atoms with van der Waals surface area (Å²) in [5.41, 5.74) is -0.194. The van der Waals surface area contributed by atoms with Crippen LogP contribution in [0.5, 0.6) is 17.4 Å². The third-order valence-corrected chi connectivity index (χ3v) is 3.35. The van der Waals surface area contributed by atoms with E-state index >= 15 is 0 Å². The van der Waals surface area contributed by atoms with E-state index in [1.807, 2.05) is 0 Å². The average molecular weight is 404 g/mol. The smallest absolute Gasteiger partial charge is 0.315 e. The largest absolute Gasteiger partial charge is 0.496 e. The number of halogens is 2. The van der Waals surface area contributed by atoms with Crippen molar-refractivity contribution in [2.75, 3.05) is 7.11 Å². The summed E-state index contributed by atoms with van der Waals surface area (Å²) in [6, 6.07) is 6.07. The SMILES string of the molecule is COc1ccc(Oc2ncc(Br)cc2Br)c([N+](=O)[O-])c1. The first-order valence-electron chi connectivity index (χ1n) is 5.32. The van der Waals surface area contributed by atoms with Crippen molar-refractivity contribution in [1.82, 2.24) is 4.98 Å². The summed E-state index contributed by atoms with van der Waals surface area (Å²) >= 11 is 6.55. The predicted octanol–water partition coefficient (Wildman–Crippen LogP) is 4.32. The highest BCUT2D eigenvalue weighted by atomic mass is 79.9. The van der Waals surface area contributed by atoms with Crippen LogP contribution in [0.3, 0.4) is 0 Å². The third kappa shape index (κ3) is 3.26. The first kappa shape index (κ1) is 14.7. The Morgan fingerprint density at radius 2 is 2.05 bits per heavy atom. The lowest BCUT2D eigenvalue weighted by Gasteiger charge is -2.08. The van der Waals surface area contributed by atoms with E-state index < -0.39 is 4.92 Å². The molecular formula is C12H8Br2N2O4. The summed E-state index contributed by atoms with van der Waals surface area (Å²) in [5, 5.41) is 11.0. The van der Waals surface area contributed by atoms with Crippen LogP contribution in [0.15, 0.2) is 39.4 Å². The van der Waals surface area contributed by atoms with Crippen molar-refractivity contribution in [1.29, 1.82) is 0 Å². The Labute approximate surface area is 131 Å². The van der Waals surface area contributed by atoms with Crippen molar-refractivity contribution in [2.24, 2.45) is 0 Å². The van der Waals surface area contributed by atoms with Gasteiger partial charge in [-0.25, -0.2) is 4.98 Å². The molecule has 0 bridgehead atoms. The molecule has 0 fully saturated rings. The number of pyridine rings is 1. The molecule has 0 aliphatic rings. The van der Waals surface area contributed by atoms with Crippen LogP contribution in [0, 0.1) is 10.1 Å². The molecule has 0 aliphatic carbocycles. The van der Waals surface area contributed by atoms with Gasteiger partial charge in [-0.1, -0.05) is 0 Å². The molecule has 8 heteroatoms. The molecule has 104 valence electrons. The van der Waals surface area contributed by atoms with Crippen LogP contribution in [-0.4, -0.2) is 17.0 Å². The number of aromatic nitrogens is 1. The molecule has 1 aromatic carbocycles.